The molecule has 1 N–H and O–H groups in total. The summed E-state index contributed by atoms with van der Waals surface area (Å²) < 4.78 is 16.5. The van der Waals surface area contributed by atoms with Gasteiger partial charge in [0.15, 0.2) is 0 Å². The number of carbonyl (C=O) groups excluding carboxylic acids is 2. The molecule has 0 radical (unpaired) electrons. The van der Waals surface area contributed by atoms with E-state index in [0.29, 0.717) is 35.0 Å². The summed E-state index contributed by atoms with van der Waals surface area (Å²) in [5.74, 6) is -0.0295. The Hall–Kier alpha value is -4.00. The Bertz CT molecular complexity index is 1200. The van der Waals surface area contributed by atoms with Crippen LogP contribution in [0.2, 0.25) is 0 Å². The van der Waals surface area contributed by atoms with Crippen molar-refractivity contribution in [1.29, 1.82) is 0 Å². The van der Waals surface area contributed by atoms with E-state index in [1.807, 2.05) is 0 Å². The molecule has 7 nitrogen and oxygen atoms in total. The number of rotatable bonds is 9. The van der Waals surface area contributed by atoms with E-state index in [2.05, 4.69) is 6.92 Å². The van der Waals surface area contributed by atoms with Crippen molar-refractivity contribution in [2.75, 3.05) is 13.7 Å². The van der Waals surface area contributed by atoms with E-state index in [1.54, 1.807) is 67.8 Å². The Morgan fingerprint density at radius 2 is 1.85 bits per heavy atom. The fourth-order valence-electron chi connectivity index (χ4n) is 3.99. The summed E-state index contributed by atoms with van der Waals surface area (Å²) in [6.07, 6.45) is 3.42. The molecule has 176 valence electrons. The van der Waals surface area contributed by atoms with E-state index in [9.17, 15) is 14.7 Å². The SMILES string of the molecule is CCCCOc1cccc(/C(O)=C2\C(=O)C(=O)N(Cc3ccco3)C2c2cccc(OC)c2)c1. The highest BCUT2D eigenvalue weighted by atomic mass is 16.5. The number of aliphatic hydroxyl groups excluding tert-OH is 1. The number of ether oxygens (including phenoxy) is 2. The zero-order valence-corrected chi connectivity index (χ0v) is 19.2. The number of amides is 1. The van der Waals surface area contributed by atoms with Crippen LogP contribution in [0.3, 0.4) is 0 Å². The van der Waals surface area contributed by atoms with Gasteiger partial charge in [-0.05, 0) is 48.4 Å². The van der Waals surface area contributed by atoms with E-state index < -0.39 is 17.7 Å². The van der Waals surface area contributed by atoms with Crippen LogP contribution >= 0.6 is 0 Å². The quantitative estimate of drug-likeness (QED) is 0.207. The topological polar surface area (TPSA) is 89.2 Å². The standard InChI is InChI=1S/C27H27NO6/c1-3-4-13-33-21-11-6-9-19(16-21)25(29)23-24(18-8-5-10-20(15-18)32-2)28(27(31)26(23)30)17-22-12-7-14-34-22/h5-12,14-16,24,29H,3-4,13,17H2,1-2H3/b25-23+. The first-order chi connectivity index (χ1) is 16.5. The maximum atomic E-state index is 13.2. The minimum absolute atomic E-state index is 0.00974. The summed E-state index contributed by atoms with van der Waals surface area (Å²) >= 11 is 0. The second-order valence-corrected chi connectivity index (χ2v) is 8.01. The van der Waals surface area contributed by atoms with Gasteiger partial charge >= 0.3 is 0 Å². The number of methoxy groups -OCH3 is 1. The molecule has 1 atom stereocenters. The Kier molecular flexibility index (Phi) is 7.01. The lowest BCUT2D eigenvalue weighted by Gasteiger charge is -2.24. The normalized spacial score (nSPS) is 17.2. The summed E-state index contributed by atoms with van der Waals surface area (Å²) in [4.78, 5) is 27.7. The first-order valence-corrected chi connectivity index (χ1v) is 11.2. The van der Waals surface area contributed by atoms with Gasteiger partial charge in [-0.2, -0.15) is 0 Å². The number of nitrogens with zero attached hydrogens (tertiary/aromatic N) is 1. The smallest absolute Gasteiger partial charge is 0.296 e. The first-order valence-electron chi connectivity index (χ1n) is 11.2. The molecule has 1 aliphatic rings. The largest absolute Gasteiger partial charge is 0.507 e. The van der Waals surface area contributed by atoms with Gasteiger partial charge in [-0.15, -0.1) is 0 Å². The van der Waals surface area contributed by atoms with Crippen LogP contribution in [0.15, 0.2) is 76.9 Å². The second kappa shape index (κ2) is 10.3. The summed E-state index contributed by atoms with van der Waals surface area (Å²) in [5.41, 5.74) is 1.05. The predicted octanol–water partition coefficient (Wildman–Crippen LogP) is 5.09. The molecule has 0 bridgehead atoms. The predicted molar refractivity (Wildman–Crippen MR) is 126 cm³/mol. The van der Waals surface area contributed by atoms with Gasteiger partial charge < -0.3 is 23.9 Å². The molecular formula is C27H27NO6. The van der Waals surface area contributed by atoms with Crippen molar-refractivity contribution in [3.8, 4) is 11.5 Å². The molecule has 3 aromatic rings. The number of benzene rings is 2. The van der Waals surface area contributed by atoms with Crippen molar-refractivity contribution in [2.45, 2.75) is 32.4 Å². The fourth-order valence-corrected chi connectivity index (χ4v) is 3.99. The van der Waals surface area contributed by atoms with Crippen LogP contribution in [0.25, 0.3) is 5.76 Å². The summed E-state index contributed by atoms with van der Waals surface area (Å²) in [6, 6.07) is 16.6. The van der Waals surface area contributed by atoms with Crippen molar-refractivity contribution in [2.24, 2.45) is 0 Å². The molecule has 0 aliphatic carbocycles. The number of hydrogen-bond donors (Lipinski definition) is 1. The molecule has 1 fully saturated rings. The number of carbonyl (C=O) groups is 2. The van der Waals surface area contributed by atoms with E-state index in [0.717, 1.165) is 12.8 Å². The number of furan rings is 1. The number of Topliss-reactive ketones (excluding diaryl/α,β-unsaturated/α-hetero) is 1. The Morgan fingerprint density at radius 1 is 1.06 bits per heavy atom. The van der Waals surface area contributed by atoms with Gasteiger partial charge in [0, 0.05) is 5.56 Å². The van der Waals surface area contributed by atoms with Gasteiger partial charge in [0.25, 0.3) is 11.7 Å². The van der Waals surface area contributed by atoms with Crippen molar-refractivity contribution >= 4 is 17.4 Å². The fraction of sp³-hybridized carbons (Fsp3) is 0.259. The molecular weight excluding hydrogens is 434 g/mol. The maximum Gasteiger partial charge on any atom is 0.296 e. The monoisotopic (exact) mass is 461 g/mol. The minimum Gasteiger partial charge on any atom is -0.507 e. The van der Waals surface area contributed by atoms with Gasteiger partial charge in [-0.3, -0.25) is 9.59 Å². The lowest BCUT2D eigenvalue weighted by atomic mass is 9.95. The molecule has 4 rings (SSSR count). The van der Waals surface area contributed by atoms with Crippen LogP contribution in [0.5, 0.6) is 11.5 Å². The Balaban J connectivity index is 1.79. The maximum absolute atomic E-state index is 13.2. The molecule has 1 aliphatic heterocycles. The Labute approximate surface area is 198 Å². The average Bonchev–Trinajstić information content (AvgIpc) is 3.46. The molecule has 1 amide bonds. The van der Waals surface area contributed by atoms with Crippen LogP contribution in [-0.2, 0) is 16.1 Å². The van der Waals surface area contributed by atoms with Gasteiger partial charge in [-0.1, -0.05) is 37.6 Å². The molecule has 1 saturated heterocycles. The van der Waals surface area contributed by atoms with Crippen LogP contribution in [0.1, 0.15) is 42.7 Å². The zero-order valence-electron chi connectivity index (χ0n) is 19.2. The van der Waals surface area contributed by atoms with E-state index >= 15 is 0 Å². The summed E-state index contributed by atoms with van der Waals surface area (Å²) in [5, 5.41) is 11.3. The number of likely N-dealkylation sites (tertiary alicyclic amines) is 1. The summed E-state index contributed by atoms with van der Waals surface area (Å²) in [6.45, 7) is 2.71. The molecule has 1 aromatic heterocycles. The molecule has 1 unspecified atom stereocenters. The molecule has 2 aromatic carbocycles. The van der Waals surface area contributed by atoms with Gasteiger partial charge in [0.05, 0.1) is 38.1 Å². The van der Waals surface area contributed by atoms with Crippen molar-refractivity contribution in [1.82, 2.24) is 4.90 Å². The second-order valence-electron chi connectivity index (χ2n) is 8.01. The highest BCUT2D eigenvalue weighted by Gasteiger charge is 2.46. The molecule has 2 heterocycles. The third kappa shape index (κ3) is 4.69. The van der Waals surface area contributed by atoms with Crippen molar-refractivity contribution in [3.05, 3.63) is 89.4 Å². The number of ketones is 1. The lowest BCUT2D eigenvalue weighted by Crippen LogP contribution is -2.29. The van der Waals surface area contributed by atoms with Crippen LogP contribution in [0, 0.1) is 0 Å². The highest BCUT2D eigenvalue weighted by Crippen LogP contribution is 2.41. The van der Waals surface area contributed by atoms with E-state index in [-0.39, 0.29) is 17.9 Å². The van der Waals surface area contributed by atoms with Crippen molar-refractivity contribution in [3.63, 3.8) is 0 Å². The van der Waals surface area contributed by atoms with Crippen LogP contribution in [-0.4, -0.2) is 35.4 Å². The van der Waals surface area contributed by atoms with E-state index in [1.165, 1.54) is 11.2 Å². The lowest BCUT2D eigenvalue weighted by molar-refractivity contribution is -0.140. The van der Waals surface area contributed by atoms with Gasteiger partial charge in [0.2, 0.25) is 0 Å². The number of hydrogen-bond acceptors (Lipinski definition) is 6. The highest BCUT2D eigenvalue weighted by molar-refractivity contribution is 6.46. The van der Waals surface area contributed by atoms with E-state index in [4.69, 9.17) is 13.9 Å². The van der Waals surface area contributed by atoms with Crippen LogP contribution in [0.4, 0.5) is 0 Å². The Morgan fingerprint density at radius 3 is 2.59 bits per heavy atom. The number of aliphatic hydroxyl groups is 1. The van der Waals surface area contributed by atoms with Gasteiger partial charge in [0.1, 0.15) is 23.0 Å². The average molecular weight is 462 g/mol. The van der Waals surface area contributed by atoms with Crippen LogP contribution < -0.4 is 9.47 Å². The molecule has 0 spiro atoms. The minimum atomic E-state index is -0.815. The van der Waals surface area contributed by atoms with Gasteiger partial charge in [-0.25, -0.2) is 0 Å². The first kappa shape index (κ1) is 23.2. The third-order valence-electron chi connectivity index (χ3n) is 5.73. The van der Waals surface area contributed by atoms with Crippen molar-refractivity contribution < 1.29 is 28.6 Å². The third-order valence-corrected chi connectivity index (χ3v) is 5.73. The zero-order chi connectivity index (χ0) is 24.1. The number of unbranched alkanes of at least 4 members (excludes halogenated alkanes) is 1. The molecule has 7 heteroatoms. The summed E-state index contributed by atoms with van der Waals surface area (Å²) in [7, 11) is 1.54. The molecule has 0 saturated carbocycles. The molecule has 34 heavy (non-hydrogen) atoms.